The lowest BCUT2D eigenvalue weighted by molar-refractivity contribution is -0.119. The molecule has 162 valence electrons. The van der Waals surface area contributed by atoms with Crippen LogP contribution < -0.4 is 15.4 Å². The molecule has 4 rings (SSSR count). The quantitative estimate of drug-likeness (QED) is 0.498. The number of para-hydroxylation sites is 1. The van der Waals surface area contributed by atoms with E-state index < -0.39 is 0 Å². The van der Waals surface area contributed by atoms with Crippen molar-refractivity contribution in [3.8, 4) is 5.75 Å². The number of carbonyl (C=O) groups excluding carboxylic acids is 2. The molecule has 1 saturated heterocycles. The molecule has 2 amide bonds. The number of nitrogens with zero attached hydrogens (tertiary/aromatic N) is 1. The van der Waals surface area contributed by atoms with Crippen molar-refractivity contribution in [3.63, 3.8) is 0 Å². The summed E-state index contributed by atoms with van der Waals surface area (Å²) in [6.45, 7) is 1.34. The molecule has 3 aromatic rings. The number of aromatic nitrogens is 1. The van der Waals surface area contributed by atoms with Gasteiger partial charge in [-0.25, -0.2) is 4.98 Å². The minimum atomic E-state index is -0.237. The third-order valence-electron chi connectivity index (χ3n) is 4.86. The molecule has 1 aromatic heterocycles. The van der Waals surface area contributed by atoms with Crippen LogP contribution in [-0.4, -0.2) is 48.9 Å². The van der Waals surface area contributed by atoms with Crippen LogP contribution in [0.4, 0.5) is 5.69 Å². The van der Waals surface area contributed by atoms with Crippen LogP contribution in [-0.2, 0) is 9.53 Å². The van der Waals surface area contributed by atoms with Gasteiger partial charge in [0.1, 0.15) is 5.75 Å². The molecule has 1 aliphatic heterocycles. The van der Waals surface area contributed by atoms with Gasteiger partial charge in [0, 0.05) is 18.8 Å². The summed E-state index contributed by atoms with van der Waals surface area (Å²) in [4.78, 5) is 29.3. The fourth-order valence-electron chi connectivity index (χ4n) is 3.28. The van der Waals surface area contributed by atoms with Crippen LogP contribution in [0.15, 0.2) is 46.8 Å². The van der Waals surface area contributed by atoms with Gasteiger partial charge in [-0.1, -0.05) is 23.9 Å². The Morgan fingerprint density at radius 2 is 2.16 bits per heavy atom. The number of nitrogens with one attached hydrogen (secondary N) is 2. The van der Waals surface area contributed by atoms with Gasteiger partial charge in [0.15, 0.2) is 4.34 Å². The van der Waals surface area contributed by atoms with Gasteiger partial charge in [-0.15, -0.1) is 11.3 Å². The van der Waals surface area contributed by atoms with E-state index in [0.29, 0.717) is 29.3 Å². The van der Waals surface area contributed by atoms with Crippen molar-refractivity contribution in [2.24, 2.45) is 0 Å². The molecule has 2 N–H and O–H groups in total. The molecule has 0 spiro atoms. The summed E-state index contributed by atoms with van der Waals surface area (Å²) in [6, 6.07) is 12.7. The number of rotatable bonds is 8. The molecular formula is C22H23N3O4S2. The summed E-state index contributed by atoms with van der Waals surface area (Å²) < 4.78 is 12.5. The van der Waals surface area contributed by atoms with E-state index in [4.69, 9.17) is 9.47 Å². The molecular weight excluding hydrogens is 434 g/mol. The molecule has 2 aromatic carbocycles. The molecule has 9 heteroatoms. The molecule has 7 nitrogen and oxygen atoms in total. The molecule has 1 aliphatic rings. The van der Waals surface area contributed by atoms with Gasteiger partial charge >= 0.3 is 0 Å². The summed E-state index contributed by atoms with van der Waals surface area (Å²) in [5.74, 6) is 0.572. The van der Waals surface area contributed by atoms with E-state index in [1.807, 2.05) is 24.3 Å². The number of methoxy groups -OCH3 is 1. The predicted molar refractivity (Wildman–Crippen MR) is 123 cm³/mol. The molecule has 0 saturated carbocycles. The summed E-state index contributed by atoms with van der Waals surface area (Å²) in [6.07, 6.45) is 2.20. The number of carbonyl (C=O) groups is 2. The number of ether oxygens (including phenoxy) is 2. The van der Waals surface area contributed by atoms with Crippen LogP contribution in [0.3, 0.4) is 0 Å². The van der Waals surface area contributed by atoms with E-state index in [2.05, 4.69) is 15.6 Å². The number of fused-ring (bicyclic) bond motifs is 1. The van der Waals surface area contributed by atoms with E-state index in [-0.39, 0.29) is 17.9 Å². The van der Waals surface area contributed by atoms with Crippen LogP contribution in [0.25, 0.3) is 10.2 Å². The summed E-state index contributed by atoms with van der Waals surface area (Å²) in [5, 5.41) is 5.82. The third-order valence-corrected chi connectivity index (χ3v) is 7.02. The van der Waals surface area contributed by atoms with Gasteiger partial charge in [0.2, 0.25) is 5.91 Å². The van der Waals surface area contributed by atoms with Crippen LogP contribution in [0, 0.1) is 0 Å². The van der Waals surface area contributed by atoms with E-state index in [9.17, 15) is 9.59 Å². The Bertz CT molecular complexity index is 1080. The second-order valence-electron chi connectivity index (χ2n) is 7.04. The first-order valence-corrected chi connectivity index (χ1v) is 11.8. The van der Waals surface area contributed by atoms with Crippen molar-refractivity contribution >= 4 is 50.8 Å². The lowest BCUT2D eigenvalue weighted by atomic mass is 10.2. The van der Waals surface area contributed by atoms with Crippen molar-refractivity contribution in [2.45, 2.75) is 23.3 Å². The average Bonchev–Trinajstić information content (AvgIpc) is 3.45. The maximum absolute atomic E-state index is 12.6. The van der Waals surface area contributed by atoms with Gasteiger partial charge < -0.3 is 20.1 Å². The van der Waals surface area contributed by atoms with Crippen LogP contribution in [0.1, 0.15) is 23.2 Å². The van der Waals surface area contributed by atoms with Crippen molar-refractivity contribution in [3.05, 3.63) is 48.0 Å². The van der Waals surface area contributed by atoms with Crippen molar-refractivity contribution in [1.29, 1.82) is 0 Å². The molecule has 1 atom stereocenters. The Hall–Kier alpha value is -2.62. The highest BCUT2D eigenvalue weighted by Crippen LogP contribution is 2.31. The van der Waals surface area contributed by atoms with Gasteiger partial charge in [-0.3, -0.25) is 9.59 Å². The van der Waals surface area contributed by atoms with Gasteiger partial charge in [-0.2, -0.15) is 0 Å². The zero-order valence-electron chi connectivity index (χ0n) is 17.1. The number of hydrogen-bond donors (Lipinski definition) is 2. The number of hydrogen-bond acceptors (Lipinski definition) is 7. The van der Waals surface area contributed by atoms with Crippen molar-refractivity contribution in [2.75, 3.05) is 31.3 Å². The number of thiazole rings is 1. The highest BCUT2D eigenvalue weighted by molar-refractivity contribution is 8.01. The topological polar surface area (TPSA) is 89.5 Å². The summed E-state index contributed by atoms with van der Waals surface area (Å²) >= 11 is 2.91. The number of benzene rings is 2. The zero-order valence-corrected chi connectivity index (χ0v) is 18.7. The number of amides is 2. The molecule has 31 heavy (non-hydrogen) atoms. The minimum Gasteiger partial charge on any atom is -0.496 e. The Morgan fingerprint density at radius 3 is 2.97 bits per heavy atom. The average molecular weight is 458 g/mol. The number of anilines is 1. The Labute approximate surface area is 188 Å². The van der Waals surface area contributed by atoms with Crippen LogP contribution in [0.2, 0.25) is 0 Å². The zero-order chi connectivity index (χ0) is 21.6. The predicted octanol–water partition coefficient (Wildman–Crippen LogP) is 3.94. The minimum absolute atomic E-state index is 0.0236. The second kappa shape index (κ2) is 10.1. The normalized spacial score (nSPS) is 15.7. The van der Waals surface area contributed by atoms with Gasteiger partial charge in [0.25, 0.3) is 5.91 Å². The fraction of sp³-hybridized carbons (Fsp3) is 0.318. The molecule has 2 heterocycles. The molecule has 0 aliphatic carbocycles. The van der Waals surface area contributed by atoms with Crippen LogP contribution in [0.5, 0.6) is 5.75 Å². The smallest absolute Gasteiger partial charge is 0.259 e. The lowest BCUT2D eigenvalue weighted by Gasteiger charge is -2.09. The molecule has 0 bridgehead atoms. The lowest BCUT2D eigenvalue weighted by Crippen LogP contribution is -2.32. The van der Waals surface area contributed by atoms with E-state index in [1.54, 1.807) is 18.2 Å². The Morgan fingerprint density at radius 1 is 1.29 bits per heavy atom. The molecule has 1 unspecified atom stereocenters. The maximum Gasteiger partial charge on any atom is 0.259 e. The van der Waals surface area contributed by atoms with Crippen molar-refractivity contribution < 1.29 is 19.1 Å². The largest absolute Gasteiger partial charge is 0.496 e. The summed E-state index contributed by atoms with van der Waals surface area (Å²) in [5.41, 5.74) is 1.99. The van der Waals surface area contributed by atoms with Crippen molar-refractivity contribution in [1.82, 2.24) is 10.3 Å². The highest BCUT2D eigenvalue weighted by Gasteiger charge is 2.17. The highest BCUT2D eigenvalue weighted by atomic mass is 32.2. The first-order chi connectivity index (χ1) is 15.1. The SMILES string of the molecule is COc1ccccc1C(=O)Nc1ccc2nc(SCC(=O)NCC3CCCO3)sc2c1. The second-order valence-corrected chi connectivity index (χ2v) is 9.30. The molecule has 0 radical (unpaired) electrons. The fourth-order valence-corrected chi connectivity index (χ4v) is 5.22. The van der Waals surface area contributed by atoms with E-state index in [1.165, 1.54) is 30.2 Å². The monoisotopic (exact) mass is 457 g/mol. The standard InChI is InChI=1S/C22H23N3O4S2/c1-28-18-7-3-2-6-16(18)21(27)24-14-8-9-17-19(11-14)31-22(25-17)30-13-20(26)23-12-15-5-4-10-29-15/h2-3,6-9,11,15H,4-5,10,12-13H2,1H3,(H,23,26)(H,24,27). The van der Waals surface area contributed by atoms with E-state index in [0.717, 1.165) is 34.0 Å². The third kappa shape index (κ3) is 5.55. The van der Waals surface area contributed by atoms with Gasteiger partial charge in [-0.05, 0) is 43.2 Å². The summed E-state index contributed by atoms with van der Waals surface area (Å²) in [7, 11) is 1.54. The first-order valence-electron chi connectivity index (χ1n) is 9.98. The van der Waals surface area contributed by atoms with E-state index >= 15 is 0 Å². The maximum atomic E-state index is 12.6. The van der Waals surface area contributed by atoms with Gasteiger partial charge in [0.05, 0.1) is 34.7 Å². The number of thioether (sulfide) groups is 1. The molecule has 1 fully saturated rings. The Kier molecular flexibility index (Phi) is 7.06. The first kappa shape index (κ1) is 21.6. The van der Waals surface area contributed by atoms with Crippen LogP contribution >= 0.6 is 23.1 Å². The Balaban J connectivity index is 1.35.